The van der Waals surface area contributed by atoms with Gasteiger partial charge in [-0.25, -0.2) is 0 Å². The van der Waals surface area contributed by atoms with Crippen LogP contribution in [0.1, 0.15) is 24.5 Å². The highest BCUT2D eigenvalue weighted by Gasteiger charge is 2.35. The van der Waals surface area contributed by atoms with Crippen molar-refractivity contribution in [3.63, 3.8) is 0 Å². The van der Waals surface area contributed by atoms with E-state index < -0.39 is 11.7 Å². The number of anilines is 1. The number of rotatable bonds is 4. The predicted molar refractivity (Wildman–Crippen MR) is 72.2 cm³/mol. The Morgan fingerprint density at radius 2 is 2.05 bits per heavy atom. The molecular weight excluding hydrogens is 321 g/mol. The maximum atomic E-state index is 13.1. The Morgan fingerprint density at radius 1 is 1.42 bits per heavy atom. The smallest absolute Gasteiger partial charge is 0.370 e. The molecule has 1 unspecified atom stereocenters. The Hall–Kier alpha value is -1.22. The molecule has 0 saturated heterocycles. The second kappa shape index (κ2) is 6.29. The molecule has 1 atom stereocenters. The summed E-state index contributed by atoms with van der Waals surface area (Å²) in [6.07, 6.45) is -4.23. The van der Waals surface area contributed by atoms with E-state index in [0.717, 1.165) is 6.07 Å². The van der Waals surface area contributed by atoms with Gasteiger partial charge in [0.15, 0.2) is 0 Å². The summed E-state index contributed by atoms with van der Waals surface area (Å²) in [5.41, 5.74) is -0.00546. The second-order valence-corrected chi connectivity index (χ2v) is 4.87. The van der Waals surface area contributed by atoms with Gasteiger partial charge < -0.3 is 4.90 Å². The van der Waals surface area contributed by atoms with Crippen LogP contribution < -0.4 is 4.90 Å². The number of alkyl halides is 4. The Balaban J connectivity index is 3.24. The molecule has 0 radical (unpaired) electrons. The highest BCUT2D eigenvalue weighted by atomic mass is 79.9. The third-order valence-corrected chi connectivity index (χ3v) is 3.60. The molecule has 1 aromatic rings. The highest BCUT2D eigenvalue weighted by Crippen LogP contribution is 2.38. The molecule has 19 heavy (non-hydrogen) atoms. The molecule has 0 heterocycles. The first-order valence-corrected chi connectivity index (χ1v) is 6.79. The number of nitrogens with zero attached hydrogens (tertiary/aromatic N) is 2. The van der Waals surface area contributed by atoms with Crippen molar-refractivity contribution in [2.24, 2.45) is 0 Å². The van der Waals surface area contributed by atoms with E-state index in [9.17, 15) is 13.2 Å². The molecule has 1 aromatic carbocycles. The molecule has 0 aliphatic carbocycles. The summed E-state index contributed by atoms with van der Waals surface area (Å²) >= 11 is 3.15. The molecule has 0 bridgehead atoms. The molecule has 0 amide bonds. The number of halogens is 4. The summed E-state index contributed by atoms with van der Waals surface area (Å²) in [4.78, 5) is 1.49. The van der Waals surface area contributed by atoms with E-state index in [1.807, 2.05) is 6.07 Å². The van der Waals surface area contributed by atoms with Crippen LogP contribution in [0.3, 0.4) is 0 Å². The zero-order valence-corrected chi connectivity index (χ0v) is 12.2. The van der Waals surface area contributed by atoms with Crippen molar-refractivity contribution in [3.8, 4) is 6.07 Å². The lowest BCUT2D eigenvalue weighted by atomic mass is 10.1. The van der Waals surface area contributed by atoms with E-state index in [0.29, 0.717) is 10.9 Å². The van der Waals surface area contributed by atoms with Gasteiger partial charge in [-0.1, -0.05) is 22.0 Å². The Kier molecular flexibility index (Phi) is 5.24. The summed E-state index contributed by atoms with van der Waals surface area (Å²) in [5.74, 6) is 0. The zero-order valence-electron chi connectivity index (χ0n) is 10.6. The van der Waals surface area contributed by atoms with E-state index >= 15 is 0 Å². The average molecular weight is 335 g/mol. The third kappa shape index (κ3) is 3.87. The van der Waals surface area contributed by atoms with Gasteiger partial charge in [-0.05, 0) is 24.6 Å². The van der Waals surface area contributed by atoms with Crippen LogP contribution in [-0.2, 0) is 11.5 Å². The lowest BCUT2D eigenvalue weighted by molar-refractivity contribution is -0.137. The maximum Gasteiger partial charge on any atom is 0.418 e. The quantitative estimate of drug-likeness (QED) is 0.766. The van der Waals surface area contributed by atoms with Gasteiger partial charge in [-0.3, -0.25) is 0 Å². The van der Waals surface area contributed by atoms with E-state index in [2.05, 4.69) is 15.9 Å². The number of hydrogen-bond acceptors (Lipinski definition) is 2. The lowest BCUT2D eigenvalue weighted by Crippen LogP contribution is -2.30. The van der Waals surface area contributed by atoms with Crippen LogP contribution in [0.15, 0.2) is 18.2 Å². The van der Waals surface area contributed by atoms with Crippen LogP contribution in [0.2, 0.25) is 0 Å². The second-order valence-electron chi connectivity index (χ2n) is 4.31. The minimum atomic E-state index is -4.41. The van der Waals surface area contributed by atoms with Crippen molar-refractivity contribution in [1.29, 1.82) is 5.26 Å². The third-order valence-electron chi connectivity index (χ3n) is 2.95. The van der Waals surface area contributed by atoms with Gasteiger partial charge in [0, 0.05) is 24.1 Å². The molecule has 6 heteroatoms. The van der Waals surface area contributed by atoms with Gasteiger partial charge in [-0.15, -0.1) is 0 Å². The number of benzene rings is 1. The number of hydrogen-bond donors (Lipinski definition) is 0. The monoisotopic (exact) mass is 334 g/mol. The van der Waals surface area contributed by atoms with Crippen molar-refractivity contribution < 1.29 is 13.2 Å². The Morgan fingerprint density at radius 3 is 2.53 bits per heavy atom. The predicted octanol–water partition coefficient (Wildman–Crippen LogP) is 4.34. The van der Waals surface area contributed by atoms with Crippen LogP contribution in [0, 0.1) is 11.3 Å². The molecule has 104 valence electrons. The topological polar surface area (TPSA) is 27.0 Å². The molecule has 0 fully saturated rings. The van der Waals surface area contributed by atoms with Crippen molar-refractivity contribution in [2.45, 2.75) is 30.9 Å². The molecule has 0 spiro atoms. The minimum Gasteiger partial charge on any atom is -0.370 e. The first-order chi connectivity index (χ1) is 8.81. The molecule has 0 aliphatic heterocycles. The van der Waals surface area contributed by atoms with Crippen molar-refractivity contribution in [3.05, 3.63) is 29.3 Å². The molecule has 0 aliphatic rings. The molecular formula is C13H14BrF3N2. The van der Waals surface area contributed by atoms with Gasteiger partial charge >= 0.3 is 6.18 Å². The lowest BCUT2D eigenvalue weighted by Gasteiger charge is -2.28. The van der Waals surface area contributed by atoms with Gasteiger partial charge in [0.05, 0.1) is 18.1 Å². The van der Waals surface area contributed by atoms with Gasteiger partial charge in [0.2, 0.25) is 0 Å². The van der Waals surface area contributed by atoms with Gasteiger partial charge in [-0.2, -0.15) is 18.4 Å². The largest absolute Gasteiger partial charge is 0.418 e. The van der Waals surface area contributed by atoms with Crippen molar-refractivity contribution in [1.82, 2.24) is 0 Å². The van der Waals surface area contributed by atoms with E-state index in [1.54, 1.807) is 20.0 Å². The normalized spacial score (nSPS) is 12.9. The van der Waals surface area contributed by atoms with Crippen molar-refractivity contribution >= 4 is 21.6 Å². The molecule has 2 nitrogen and oxygen atoms in total. The SMILES string of the molecule is CC(CC#N)N(C)c1ccc(CBr)cc1C(F)(F)F. The minimum absolute atomic E-state index is 0.0972. The van der Waals surface area contributed by atoms with E-state index in [1.165, 1.54) is 11.0 Å². The maximum absolute atomic E-state index is 13.1. The summed E-state index contributed by atoms with van der Waals surface area (Å²) in [5, 5.41) is 9.01. The summed E-state index contributed by atoms with van der Waals surface area (Å²) in [7, 11) is 1.57. The van der Waals surface area contributed by atoms with Gasteiger partial charge in [0.25, 0.3) is 0 Å². The highest BCUT2D eigenvalue weighted by molar-refractivity contribution is 9.08. The fraction of sp³-hybridized carbons (Fsp3) is 0.462. The first-order valence-electron chi connectivity index (χ1n) is 5.67. The fourth-order valence-electron chi connectivity index (χ4n) is 1.71. The van der Waals surface area contributed by atoms with Crippen LogP contribution in [-0.4, -0.2) is 13.1 Å². The van der Waals surface area contributed by atoms with Crippen LogP contribution in [0.5, 0.6) is 0 Å². The van der Waals surface area contributed by atoms with Gasteiger partial charge in [0.1, 0.15) is 0 Å². The molecule has 0 aromatic heterocycles. The summed E-state index contributed by atoms with van der Waals surface area (Å²) < 4.78 is 39.2. The Labute approximate surface area is 119 Å². The van der Waals surface area contributed by atoms with Crippen molar-refractivity contribution in [2.75, 3.05) is 11.9 Å². The average Bonchev–Trinajstić information content (AvgIpc) is 2.36. The summed E-state index contributed by atoms with van der Waals surface area (Å²) in [6, 6.07) is 5.93. The van der Waals surface area contributed by atoms with E-state index in [-0.39, 0.29) is 18.2 Å². The van der Waals surface area contributed by atoms with E-state index in [4.69, 9.17) is 5.26 Å². The molecule has 1 rings (SSSR count). The molecule has 0 N–H and O–H groups in total. The zero-order chi connectivity index (χ0) is 14.6. The fourth-order valence-corrected chi connectivity index (χ4v) is 2.06. The van der Waals surface area contributed by atoms with Crippen LogP contribution in [0.25, 0.3) is 0 Å². The molecule has 0 saturated carbocycles. The number of nitriles is 1. The van der Waals surface area contributed by atoms with Crippen LogP contribution in [0.4, 0.5) is 18.9 Å². The summed E-state index contributed by atoms with van der Waals surface area (Å²) in [6.45, 7) is 1.72. The standard InChI is InChI=1S/C13H14BrF3N2/c1-9(5-6-18)19(2)12-4-3-10(8-14)7-11(12)13(15,16)17/h3-4,7,9H,5,8H2,1-2H3. The van der Waals surface area contributed by atoms with Crippen LogP contribution >= 0.6 is 15.9 Å². The Bertz CT molecular complexity index is 480. The first kappa shape index (κ1) is 15.8.